The maximum atomic E-state index is 12.2. The third-order valence-corrected chi connectivity index (χ3v) is 7.52. The molecule has 188 valence electrons. The number of carbonyl (C=O) groups is 1. The average Bonchev–Trinajstić information content (AvgIpc) is 3.67. The van der Waals surface area contributed by atoms with Crippen molar-refractivity contribution >= 4 is 17.7 Å². The van der Waals surface area contributed by atoms with Crippen molar-refractivity contribution in [3.63, 3.8) is 0 Å². The molecule has 6 rings (SSSR count). The summed E-state index contributed by atoms with van der Waals surface area (Å²) in [6, 6.07) is 16.2. The number of anilines is 2. The normalized spacial score (nSPS) is 19.8. The third-order valence-electron chi connectivity index (χ3n) is 7.52. The van der Waals surface area contributed by atoms with E-state index in [9.17, 15) is 10.1 Å². The molecule has 2 aromatic carbocycles. The minimum Gasteiger partial charge on any atom is -0.462 e. The molecule has 0 spiro atoms. The summed E-state index contributed by atoms with van der Waals surface area (Å²) in [7, 11) is 0. The lowest BCUT2D eigenvalue weighted by Gasteiger charge is -2.21. The Morgan fingerprint density at radius 3 is 2.95 bits per heavy atom. The molecule has 2 atom stereocenters. The molecule has 3 aliphatic rings. The van der Waals surface area contributed by atoms with Crippen molar-refractivity contribution < 1.29 is 14.3 Å². The highest BCUT2D eigenvalue weighted by molar-refractivity contribution is 5.89. The Morgan fingerprint density at radius 1 is 1.19 bits per heavy atom. The van der Waals surface area contributed by atoms with Gasteiger partial charge in [0.15, 0.2) is 0 Å². The Bertz CT molecular complexity index is 1400. The second-order valence-electron chi connectivity index (χ2n) is 9.91. The van der Waals surface area contributed by atoms with E-state index in [0.29, 0.717) is 36.9 Å². The molecule has 2 unspecified atom stereocenters. The van der Waals surface area contributed by atoms with Crippen molar-refractivity contribution in [2.45, 2.75) is 51.4 Å². The molecule has 1 aliphatic carbocycles. The van der Waals surface area contributed by atoms with Crippen LogP contribution in [0, 0.1) is 11.3 Å². The zero-order valence-electron chi connectivity index (χ0n) is 20.9. The maximum absolute atomic E-state index is 12.2. The summed E-state index contributed by atoms with van der Waals surface area (Å²) in [4.78, 5) is 24.3. The van der Waals surface area contributed by atoms with E-state index in [1.165, 1.54) is 16.7 Å². The first-order valence-electron chi connectivity index (χ1n) is 12.9. The molecule has 2 aliphatic heterocycles. The number of carbonyl (C=O) groups excluding carboxylic acids is 1. The van der Waals surface area contributed by atoms with E-state index < -0.39 is 0 Å². The van der Waals surface area contributed by atoms with Gasteiger partial charge in [0, 0.05) is 30.6 Å². The highest BCUT2D eigenvalue weighted by Gasteiger charge is 2.30. The van der Waals surface area contributed by atoms with Crippen LogP contribution >= 0.6 is 0 Å². The Balaban J connectivity index is 1.20. The standard InChI is InChI=1S/C29H29N5O3/c1-2-37-28(35)21-7-6-20-12-24(13-23(20)11-21)31-27-25-16-36-17-26(25)32-29(33-27)34-9-8-22(15-34)19-5-3-4-18(10-19)14-30/h3-7,10-11,22,24H,2,8-9,12-13,15-17H2,1H3,(H,31,32,33). The second kappa shape index (κ2) is 9.83. The number of ether oxygens (including phenoxy) is 2. The van der Waals surface area contributed by atoms with Crippen molar-refractivity contribution in [3.05, 3.63) is 81.5 Å². The van der Waals surface area contributed by atoms with Gasteiger partial charge in [-0.2, -0.15) is 10.2 Å². The van der Waals surface area contributed by atoms with Crippen molar-refractivity contribution in [2.75, 3.05) is 29.9 Å². The number of nitriles is 1. The van der Waals surface area contributed by atoms with E-state index in [1.807, 2.05) is 43.3 Å². The molecular weight excluding hydrogens is 466 g/mol. The lowest BCUT2D eigenvalue weighted by molar-refractivity contribution is 0.0526. The topological polar surface area (TPSA) is 100 Å². The molecule has 8 nitrogen and oxygen atoms in total. The van der Waals surface area contributed by atoms with Gasteiger partial charge < -0.3 is 19.7 Å². The Morgan fingerprint density at radius 2 is 2.08 bits per heavy atom. The van der Waals surface area contributed by atoms with Crippen LogP contribution in [-0.4, -0.2) is 41.7 Å². The minimum atomic E-state index is -0.277. The summed E-state index contributed by atoms with van der Waals surface area (Å²) in [5.41, 5.74) is 6.88. The molecule has 1 aromatic heterocycles. The van der Waals surface area contributed by atoms with Gasteiger partial charge in [0.2, 0.25) is 5.95 Å². The smallest absolute Gasteiger partial charge is 0.338 e. The van der Waals surface area contributed by atoms with Gasteiger partial charge in [0.05, 0.1) is 42.7 Å². The monoisotopic (exact) mass is 495 g/mol. The fraction of sp³-hybridized carbons (Fsp3) is 0.379. The summed E-state index contributed by atoms with van der Waals surface area (Å²) in [5, 5.41) is 12.9. The maximum Gasteiger partial charge on any atom is 0.338 e. The number of hydrogen-bond acceptors (Lipinski definition) is 8. The number of rotatable bonds is 6. The van der Waals surface area contributed by atoms with Gasteiger partial charge in [0.1, 0.15) is 5.82 Å². The van der Waals surface area contributed by atoms with Crippen LogP contribution in [0.2, 0.25) is 0 Å². The zero-order valence-corrected chi connectivity index (χ0v) is 20.9. The first kappa shape index (κ1) is 23.4. The van der Waals surface area contributed by atoms with Crippen LogP contribution in [-0.2, 0) is 35.5 Å². The van der Waals surface area contributed by atoms with Crippen LogP contribution in [0.1, 0.15) is 63.1 Å². The van der Waals surface area contributed by atoms with Gasteiger partial charge in [-0.25, -0.2) is 9.78 Å². The second-order valence-corrected chi connectivity index (χ2v) is 9.91. The number of benzene rings is 2. The van der Waals surface area contributed by atoms with Crippen LogP contribution in [0.15, 0.2) is 42.5 Å². The molecule has 0 bridgehead atoms. The Labute approximate surface area is 216 Å². The fourth-order valence-corrected chi connectivity index (χ4v) is 5.63. The highest BCUT2D eigenvalue weighted by atomic mass is 16.5. The third kappa shape index (κ3) is 4.63. The fourth-order valence-electron chi connectivity index (χ4n) is 5.63. The van der Waals surface area contributed by atoms with Gasteiger partial charge in [0.25, 0.3) is 0 Å². The van der Waals surface area contributed by atoms with Crippen LogP contribution < -0.4 is 10.2 Å². The van der Waals surface area contributed by atoms with Crippen LogP contribution in [0.5, 0.6) is 0 Å². The molecular formula is C29H29N5O3. The van der Waals surface area contributed by atoms with Crippen LogP contribution in [0.3, 0.4) is 0 Å². The van der Waals surface area contributed by atoms with E-state index in [0.717, 1.165) is 55.4 Å². The van der Waals surface area contributed by atoms with Crippen molar-refractivity contribution in [2.24, 2.45) is 0 Å². The SMILES string of the molecule is CCOC(=O)c1ccc2c(c1)CC(Nc1nc(N3CCC(c4cccc(C#N)c4)C3)nc3c1COC3)C2. The van der Waals surface area contributed by atoms with Crippen molar-refractivity contribution in [1.29, 1.82) is 5.26 Å². The molecule has 0 amide bonds. The number of esters is 1. The lowest BCUT2D eigenvalue weighted by Crippen LogP contribution is -2.25. The number of nitrogens with one attached hydrogen (secondary N) is 1. The molecule has 3 heterocycles. The van der Waals surface area contributed by atoms with Gasteiger partial charge >= 0.3 is 5.97 Å². The zero-order chi connectivity index (χ0) is 25.4. The van der Waals surface area contributed by atoms with E-state index in [2.05, 4.69) is 22.4 Å². The molecule has 1 N–H and O–H groups in total. The van der Waals surface area contributed by atoms with Crippen molar-refractivity contribution in [1.82, 2.24) is 9.97 Å². The van der Waals surface area contributed by atoms with Crippen LogP contribution in [0.25, 0.3) is 0 Å². The molecule has 0 radical (unpaired) electrons. The summed E-state index contributed by atoms with van der Waals surface area (Å²) >= 11 is 0. The number of aromatic nitrogens is 2. The predicted molar refractivity (Wildman–Crippen MR) is 138 cm³/mol. The van der Waals surface area contributed by atoms with Crippen molar-refractivity contribution in [3.8, 4) is 6.07 Å². The molecule has 1 fully saturated rings. The molecule has 8 heteroatoms. The lowest BCUT2D eigenvalue weighted by atomic mass is 9.97. The first-order chi connectivity index (χ1) is 18.1. The quantitative estimate of drug-likeness (QED) is 0.510. The summed E-state index contributed by atoms with van der Waals surface area (Å²) in [6.45, 7) is 4.87. The Kier molecular flexibility index (Phi) is 6.23. The van der Waals surface area contributed by atoms with Gasteiger partial charge in [-0.3, -0.25) is 0 Å². The summed E-state index contributed by atoms with van der Waals surface area (Å²) in [6.07, 6.45) is 2.68. The molecule has 37 heavy (non-hydrogen) atoms. The van der Waals surface area contributed by atoms with Gasteiger partial charge in [-0.15, -0.1) is 0 Å². The highest BCUT2D eigenvalue weighted by Crippen LogP contribution is 2.34. The van der Waals surface area contributed by atoms with E-state index >= 15 is 0 Å². The van der Waals surface area contributed by atoms with Gasteiger partial charge in [-0.1, -0.05) is 18.2 Å². The average molecular weight is 496 g/mol. The minimum absolute atomic E-state index is 0.181. The first-order valence-corrected chi connectivity index (χ1v) is 12.9. The summed E-state index contributed by atoms with van der Waals surface area (Å²) in [5.74, 6) is 1.64. The Hall–Kier alpha value is -3.96. The molecule has 0 saturated carbocycles. The summed E-state index contributed by atoms with van der Waals surface area (Å²) < 4.78 is 10.9. The number of fused-ring (bicyclic) bond motifs is 2. The van der Waals surface area contributed by atoms with E-state index in [4.69, 9.17) is 19.4 Å². The number of nitrogens with zero attached hydrogens (tertiary/aromatic N) is 4. The largest absolute Gasteiger partial charge is 0.462 e. The van der Waals surface area contributed by atoms with E-state index in [-0.39, 0.29) is 12.0 Å². The molecule has 3 aromatic rings. The number of hydrogen-bond donors (Lipinski definition) is 1. The van der Waals surface area contributed by atoms with E-state index in [1.54, 1.807) is 0 Å². The predicted octanol–water partition coefficient (Wildman–Crippen LogP) is 4.13. The van der Waals surface area contributed by atoms with Gasteiger partial charge in [-0.05, 0) is 67.1 Å². The van der Waals surface area contributed by atoms with Crippen LogP contribution in [0.4, 0.5) is 11.8 Å². The molecule has 1 saturated heterocycles.